The van der Waals surface area contributed by atoms with E-state index >= 15 is 0 Å². The number of hydrogen-bond acceptors (Lipinski definition) is 2. The highest BCUT2D eigenvalue weighted by atomic mass is 28.3. The van der Waals surface area contributed by atoms with Gasteiger partial charge < -0.3 is 5.11 Å². The van der Waals surface area contributed by atoms with Crippen molar-refractivity contribution in [3.63, 3.8) is 0 Å². The van der Waals surface area contributed by atoms with Crippen LogP contribution >= 0.6 is 0 Å². The van der Waals surface area contributed by atoms with Gasteiger partial charge in [-0.2, -0.15) is 0 Å². The Kier molecular flexibility index (Phi) is 3.72. The average molecular weight is 302 g/mol. The molecule has 3 atom stereocenters. The molecule has 1 N–H and O–H groups in total. The van der Waals surface area contributed by atoms with E-state index in [0.29, 0.717) is 11.8 Å². The van der Waals surface area contributed by atoms with Crippen LogP contribution in [-0.4, -0.2) is 25.4 Å². The summed E-state index contributed by atoms with van der Waals surface area (Å²) in [6.45, 7) is 8.94. The molecule has 3 heteroatoms. The van der Waals surface area contributed by atoms with Crippen molar-refractivity contribution in [3.05, 3.63) is 23.3 Å². The molecule has 2 bridgehead atoms. The highest BCUT2D eigenvalue weighted by Crippen LogP contribution is 2.45. The van der Waals surface area contributed by atoms with Crippen LogP contribution in [0, 0.1) is 18.8 Å². The lowest BCUT2D eigenvalue weighted by Crippen LogP contribution is -2.38. The van der Waals surface area contributed by atoms with Gasteiger partial charge in [-0.15, -0.1) is 0 Å². The monoisotopic (exact) mass is 301 g/mol. The minimum atomic E-state index is -1.53. The van der Waals surface area contributed by atoms with Crippen LogP contribution in [0.2, 0.25) is 19.6 Å². The molecule has 0 heterocycles. The summed E-state index contributed by atoms with van der Waals surface area (Å²) >= 11 is 0. The van der Waals surface area contributed by atoms with Crippen molar-refractivity contribution in [2.45, 2.75) is 58.3 Å². The summed E-state index contributed by atoms with van der Waals surface area (Å²) in [5, 5.41) is 11.7. The van der Waals surface area contributed by atoms with Crippen LogP contribution in [0.4, 0.5) is 0 Å². The van der Waals surface area contributed by atoms with Gasteiger partial charge in [0.05, 0.1) is 14.1 Å². The van der Waals surface area contributed by atoms with Crippen molar-refractivity contribution in [3.8, 4) is 5.75 Å². The standard InChI is InChI=1S/C18H27NOSi/c1-12-7-15(18(20)17(8-12)21(2,3)4)11-19-16-10-13-5-6-14(16)9-13/h7-8,11,13-14,16,20H,5-6,9-10H2,1-4H3. The molecule has 21 heavy (non-hydrogen) atoms. The molecule has 2 aliphatic carbocycles. The minimum Gasteiger partial charge on any atom is -0.507 e. The molecule has 0 amide bonds. The van der Waals surface area contributed by atoms with Crippen molar-refractivity contribution < 1.29 is 5.11 Å². The first-order valence-electron chi connectivity index (χ1n) is 8.22. The molecular formula is C18H27NOSi. The molecule has 114 valence electrons. The fourth-order valence-electron chi connectivity index (χ4n) is 4.05. The van der Waals surface area contributed by atoms with E-state index in [9.17, 15) is 5.11 Å². The van der Waals surface area contributed by atoms with Gasteiger partial charge in [0, 0.05) is 11.8 Å². The van der Waals surface area contributed by atoms with Crippen molar-refractivity contribution in [1.82, 2.24) is 0 Å². The molecule has 2 fully saturated rings. The molecule has 1 aromatic rings. The van der Waals surface area contributed by atoms with Gasteiger partial charge in [-0.3, -0.25) is 4.99 Å². The first-order chi connectivity index (χ1) is 9.84. The average Bonchev–Trinajstić information content (AvgIpc) is 3.00. The molecule has 0 spiro atoms. The molecule has 0 saturated heterocycles. The smallest absolute Gasteiger partial charge is 0.123 e. The fraction of sp³-hybridized carbons (Fsp3) is 0.611. The Labute approximate surface area is 129 Å². The Bertz CT molecular complexity index is 573. The lowest BCUT2D eigenvalue weighted by Gasteiger charge is -2.21. The summed E-state index contributed by atoms with van der Waals surface area (Å²) in [6, 6.07) is 4.71. The summed E-state index contributed by atoms with van der Waals surface area (Å²) in [5.41, 5.74) is 2.13. The molecule has 3 unspecified atom stereocenters. The maximum Gasteiger partial charge on any atom is 0.123 e. The lowest BCUT2D eigenvalue weighted by atomic mass is 9.96. The van der Waals surface area contributed by atoms with E-state index in [1.807, 2.05) is 6.21 Å². The number of rotatable bonds is 3. The van der Waals surface area contributed by atoms with Gasteiger partial charge in [0.15, 0.2) is 0 Å². The Hall–Kier alpha value is -1.09. The zero-order valence-electron chi connectivity index (χ0n) is 13.7. The second-order valence-corrected chi connectivity index (χ2v) is 13.1. The van der Waals surface area contributed by atoms with E-state index in [1.54, 1.807) is 0 Å². The highest BCUT2D eigenvalue weighted by Gasteiger charge is 2.39. The first-order valence-corrected chi connectivity index (χ1v) is 11.7. The van der Waals surface area contributed by atoms with Gasteiger partial charge in [0.25, 0.3) is 0 Å². The van der Waals surface area contributed by atoms with Crippen molar-refractivity contribution in [2.24, 2.45) is 16.8 Å². The molecule has 3 rings (SSSR count). The van der Waals surface area contributed by atoms with Gasteiger partial charge in [-0.25, -0.2) is 0 Å². The van der Waals surface area contributed by atoms with Gasteiger partial charge in [0.1, 0.15) is 5.75 Å². The van der Waals surface area contributed by atoms with E-state index in [4.69, 9.17) is 4.99 Å². The second-order valence-electron chi connectivity index (χ2n) is 8.02. The van der Waals surface area contributed by atoms with Crippen LogP contribution in [0.25, 0.3) is 0 Å². The van der Waals surface area contributed by atoms with E-state index in [1.165, 1.54) is 31.2 Å². The third-order valence-corrected chi connectivity index (χ3v) is 7.19. The third kappa shape index (κ3) is 2.94. The molecule has 2 saturated carbocycles. The molecule has 2 nitrogen and oxygen atoms in total. The SMILES string of the molecule is Cc1cc(C=NC2CC3CCC2C3)c(O)c([Si](C)(C)C)c1. The molecular weight excluding hydrogens is 274 g/mol. The molecule has 0 aliphatic heterocycles. The maximum atomic E-state index is 10.6. The molecule has 0 radical (unpaired) electrons. The van der Waals surface area contributed by atoms with Gasteiger partial charge in [-0.1, -0.05) is 37.7 Å². The number of aryl methyl sites for hydroxylation is 1. The largest absolute Gasteiger partial charge is 0.507 e. The van der Waals surface area contributed by atoms with Gasteiger partial charge in [0.2, 0.25) is 0 Å². The lowest BCUT2D eigenvalue weighted by molar-refractivity contribution is 0.421. The Morgan fingerprint density at radius 1 is 1.19 bits per heavy atom. The van der Waals surface area contributed by atoms with E-state index in [-0.39, 0.29) is 0 Å². The van der Waals surface area contributed by atoms with Crippen molar-refractivity contribution >= 4 is 19.5 Å². The summed E-state index contributed by atoms with van der Waals surface area (Å²) in [4.78, 5) is 4.83. The summed E-state index contributed by atoms with van der Waals surface area (Å²) in [6.07, 6.45) is 7.34. The van der Waals surface area contributed by atoms with Crippen LogP contribution in [0.1, 0.15) is 36.8 Å². The Balaban J connectivity index is 1.87. The third-order valence-electron chi connectivity index (χ3n) is 5.20. The first kappa shape index (κ1) is 14.8. The van der Waals surface area contributed by atoms with Crippen LogP contribution < -0.4 is 5.19 Å². The number of phenols is 1. The predicted octanol–water partition coefficient (Wildman–Crippen LogP) is 3.85. The number of aromatic hydroxyl groups is 1. The minimum absolute atomic E-state index is 0.465. The van der Waals surface area contributed by atoms with Crippen LogP contribution in [0.15, 0.2) is 17.1 Å². The van der Waals surface area contributed by atoms with Crippen LogP contribution in [0.5, 0.6) is 5.75 Å². The topological polar surface area (TPSA) is 32.6 Å². The number of fused-ring (bicyclic) bond motifs is 2. The van der Waals surface area contributed by atoms with E-state index < -0.39 is 8.07 Å². The second kappa shape index (κ2) is 5.27. The number of aliphatic imine (C=N–C) groups is 1. The Morgan fingerprint density at radius 3 is 2.52 bits per heavy atom. The predicted molar refractivity (Wildman–Crippen MR) is 92.7 cm³/mol. The number of benzene rings is 1. The van der Waals surface area contributed by atoms with Crippen LogP contribution in [0.3, 0.4) is 0 Å². The number of nitrogens with zero attached hydrogens (tertiary/aromatic N) is 1. The van der Waals surface area contributed by atoms with Crippen molar-refractivity contribution in [1.29, 1.82) is 0 Å². The normalized spacial score (nSPS) is 28.7. The number of hydrogen-bond donors (Lipinski definition) is 1. The van der Waals surface area contributed by atoms with Crippen molar-refractivity contribution in [2.75, 3.05) is 0 Å². The van der Waals surface area contributed by atoms with E-state index in [0.717, 1.165) is 22.6 Å². The van der Waals surface area contributed by atoms with Gasteiger partial charge in [-0.05, 0) is 49.3 Å². The van der Waals surface area contributed by atoms with Crippen LogP contribution in [-0.2, 0) is 0 Å². The maximum absolute atomic E-state index is 10.6. The zero-order chi connectivity index (χ0) is 15.2. The molecule has 0 aromatic heterocycles. The summed E-state index contributed by atoms with van der Waals surface area (Å²) in [7, 11) is -1.53. The molecule has 1 aromatic carbocycles. The zero-order valence-corrected chi connectivity index (χ0v) is 14.7. The molecule has 2 aliphatic rings. The highest BCUT2D eigenvalue weighted by molar-refractivity contribution is 6.89. The number of phenolic OH excluding ortho intramolecular Hbond substituents is 1. The fourth-order valence-corrected chi connectivity index (χ4v) is 5.56. The summed E-state index contributed by atoms with van der Waals surface area (Å²) in [5.74, 6) is 2.18. The summed E-state index contributed by atoms with van der Waals surface area (Å²) < 4.78 is 0. The van der Waals surface area contributed by atoms with Gasteiger partial charge >= 0.3 is 0 Å². The quantitative estimate of drug-likeness (QED) is 0.667. The van der Waals surface area contributed by atoms with E-state index in [2.05, 4.69) is 38.7 Å². The Morgan fingerprint density at radius 2 is 1.95 bits per heavy atom.